The molecule has 3 aromatic heterocycles. The number of aromatic hydroxyl groups is 1. The van der Waals surface area contributed by atoms with E-state index in [0.29, 0.717) is 40.4 Å². The van der Waals surface area contributed by atoms with Gasteiger partial charge in [0.2, 0.25) is 0 Å². The monoisotopic (exact) mass is 1550 g/mol. The van der Waals surface area contributed by atoms with E-state index in [1.165, 1.54) is 12.3 Å². The average molecular weight is 1560 g/mol. The summed E-state index contributed by atoms with van der Waals surface area (Å²) in [5.74, 6) is -0.772. The Labute approximate surface area is 534 Å². The number of halogens is 14. The van der Waals surface area contributed by atoms with Crippen LogP contribution in [0.3, 0.4) is 0 Å². The molecule has 0 fully saturated rings. The first kappa shape index (κ1) is 65.2. The van der Waals surface area contributed by atoms with E-state index in [2.05, 4.69) is 136 Å². The van der Waals surface area contributed by atoms with Crippen molar-refractivity contribution in [1.82, 2.24) is 15.0 Å². The van der Waals surface area contributed by atoms with Crippen molar-refractivity contribution in [2.24, 2.45) is 0 Å². The molecule has 6 rings (SSSR count). The Morgan fingerprint density at radius 1 is 0.787 bits per heavy atom. The van der Waals surface area contributed by atoms with Crippen LogP contribution in [0.1, 0.15) is 1.43 Å². The Balaban J connectivity index is -0.000000709. The molecule has 0 aliphatic rings. The number of pyridine rings is 3. The van der Waals surface area contributed by atoms with Crippen molar-refractivity contribution in [1.29, 1.82) is 0 Å². The van der Waals surface area contributed by atoms with Crippen molar-refractivity contribution in [3.8, 4) is 17.2 Å². The molecule has 0 saturated heterocycles. The van der Waals surface area contributed by atoms with E-state index in [1.54, 1.807) is 55.9 Å². The Bertz CT molecular complexity index is 2330. The van der Waals surface area contributed by atoms with E-state index in [9.17, 15) is 27.5 Å². The maximum atomic E-state index is 12.1. The number of carbonyl (C=O) groups is 2. The van der Waals surface area contributed by atoms with Crippen molar-refractivity contribution >= 4 is 190 Å². The van der Waals surface area contributed by atoms with Gasteiger partial charge < -0.3 is 30.9 Å². The summed E-state index contributed by atoms with van der Waals surface area (Å²) in [5, 5.41) is 18.2. The van der Waals surface area contributed by atoms with Crippen LogP contribution in [-0.4, -0.2) is 61.9 Å². The van der Waals surface area contributed by atoms with E-state index in [-0.39, 0.29) is 160 Å². The van der Waals surface area contributed by atoms with Crippen LogP contribution in [0.25, 0.3) is 32.7 Å². The van der Waals surface area contributed by atoms with Gasteiger partial charge in [-0.05, 0) is 95.8 Å². The standard InChI is InChI=1S/C10H5BrClF2NO.C10H7BrClNO.C9H5BrClNO.C3H3ClF2O2.CH2O3.BBr3.2Cs.H/c11-6-3-5-7(12)1-2-15-8(5)4-9(6)16-10(13)14;1-14-10-5-9-6(4-7(10)11)8(12)2-3-13-9;10-6-3-5-7(11)1-2-12-8(5)4-9(6)13;1-8-2(7)3(4,5)6;2-1-4-3;2-1(3)4;;;/h1-4,10H;2-5H,1H3;1-4,13H;1H3;1,3H;;;;/q;;;;;;2*+1;-1/p-1. The molecule has 0 saturated carbocycles. The molecule has 0 aliphatic heterocycles. The van der Waals surface area contributed by atoms with E-state index in [0.717, 1.165) is 33.6 Å². The van der Waals surface area contributed by atoms with E-state index in [4.69, 9.17) is 49.6 Å². The van der Waals surface area contributed by atoms with Crippen molar-refractivity contribution in [3.05, 3.63) is 102 Å². The normalized spacial score (nSPS) is 9.80. The fourth-order valence-electron chi connectivity index (χ4n) is 3.81. The van der Waals surface area contributed by atoms with E-state index >= 15 is 0 Å². The number of alkyl halides is 5. The third kappa shape index (κ3) is 24.8. The van der Waals surface area contributed by atoms with Crippen LogP contribution in [0.4, 0.5) is 17.6 Å². The van der Waals surface area contributed by atoms with Gasteiger partial charge in [0, 0.05) is 52.9 Å². The second-order valence-corrected chi connectivity index (χ2v) is 20.5. The van der Waals surface area contributed by atoms with Gasteiger partial charge in [-0.2, -0.15) is 17.6 Å². The van der Waals surface area contributed by atoms with Gasteiger partial charge in [-0.1, -0.05) is 34.8 Å². The number of nitrogens with zero attached hydrogens (tertiary/aromatic N) is 3. The minimum atomic E-state index is -3.88. The number of phenolic OH excluding ortho intramolecular Hbond substituents is 1. The molecule has 0 unspecified atom stereocenters. The second kappa shape index (κ2) is 34.4. The summed E-state index contributed by atoms with van der Waals surface area (Å²) in [6.07, 6.45) is 4.79. The van der Waals surface area contributed by atoms with Gasteiger partial charge in [-0.15, -0.1) is 47.3 Å². The van der Waals surface area contributed by atoms with Crippen LogP contribution in [0.2, 0.25) is 15.1 Å². The molecule has 0 aliphatic carbocycles. The number of rotatable bonds is 5. The first-order chi connectivity index (χ1) is 27.6. The zero-order chi connectivity index (χ0) is 45.0. The third-order valence-corrected chi connectivity index (χ3v) is 9.15. The summed E-state index contributed by atoms with van der Waals surface area (Å²) in [6.45, 7) is -3.05. The number of methoxy groups -OCH3 is 2. The fraction of sp³-hybridized carbons (Fsp3) is 0.121. The Morgan fingerprint density at radius 2 is 1.13 bits per heavy atom. The molecule has 0 spiro atoms. The molecule has 11 nitrogen and oxygen atoms in total. The Hall–Kier alpha value is 2.12. The molecule has 0 bridgehead atoms. The summed E-state index contributed by atoms with van der Waals surface area (Å²) >= 11 is 41.1. The van der Waals surface area contributed by atoms with Crippen molar-refractivity contribution in [3.63, 3.8) is 0 Å². The molecule has 320 valence electrons. The first-order valence-corrected chi connectivity index (χ1v) is 21.4. The van der Waals surface area contributed by atoms with Gasteiger partial charge >= 0.3 is 159 Å². The molecule has 28 heteroatoms. The molecule has 61 heavy (non-hydrogen) atoms. The minimum absolute atomic E-state index is 0. The molecule has 6 aromatic rings. The van der Waals surface area contributed by atoms with Crippen LogP contribution in [0.5, 0.6) is 17.2 Å². The molecule has 0 atom stereocenters. The summed E-state index contributed by atoms with van der Waals surface area (Å²) in [7, 11) is 2.45. The van der Waals surface area contributed by atoms with Gasteiger partial charge in [-0.3, -0.25) is 19.7 Å². The van der Waals surface area contributed by atoms with Crippen LogP contribution < -0.4 is 153 Å². The number of carbonyl (C=O) groups excluding carboxylic acids is 2. The van der Waals surface area contributed by atoms with Crippen LogP contribution in [-0.2, 0) is 19.2 Å². The Morgan fingerprint density at radius 3 is 1.44 bits per heavy atom. The van der Waals surface area contributed by atoms with Crippen molar-refractivity contribution in [2.75, 3.05) is 14.2 Å². The number of fused-ring (bicyclic) bond motifs is 3. The minimum Gasteiger partial charge on any atom is -1.00 e. The van der Waals surface area contributed by atoms with Gasteiger partial charge in [-0.25, -0.2) is 4.79 Å². The van der Waals surface area contributed by atoms with Crippen LogP contribution in [0.15, 0.2) is 86.6 Å². The van der Waals surface area contributed by atoms with Crippen molar-refractivity contribution < 1.29 is 196 Å². The number of phenols is 1. The molecular formula is C33H22BBr6Cl4Cs2F4N3O8. The Kier molecular flexibility index (Phi) is 36.8. The maximum absolute atomic E-state index is 12.1. The maximum Gasteiger partial charge on any atom is 1.00 e. The number of hydrogen-bond acceptors (Lipinski definition) is 11. The summed E-state index contributed by atoms with van der Waals surface area (Å²) < 4.78 is 62.3. The molecule has 0 amide bonds. The summed E-state index contributed by atoms with van der Waals surface area (Å²) in [6, 6.07) is 15.2. The molecule has 0 radical (unpaired) electrons. The zero-order valence-electron chi connectivity index (χ0n) is 32.1. The molecule has 1 N–H and O–H groups in total. The zero-order valence-corrected chi connectivity index (χ0v) is 56.2. The quantitative estimate of drug-likeness (QED) is 0.0363. The number of benzene rings is 3. The van der Waals surface area contributed by atoms with Gasteiger partial charge in [0.1, 0.15) is 17.2 Å². The first-order valence-electron chi connectivity index (χ1n) is 14.8. The number of ether oxygens (including phenoxy) is 3. The summed E-state index contributed by atoms with van der Waals surface area (Å²) in [4.78, 5) is 33.3. The third-order valence-electron chi connectivity index (χ3n) is 6.13. The topological polar surface area (TPSA) is 153 Å². The van der Waals surface area contributed by atoms with Crippen molar-refractivity contribution in [2.45, 2.75) is 12.0 Å². The second-order valence-electron chi connectivity index (χ2n) is 9.81. The number of hydrogen-bond donors (Lipinski definition) is 1. The largest absolute Gasteiger partial charge is 1.00 e. The number of esters is 1. The number of aromatic nitrogens is 3. The van der Waals surface area contributed by atoms with Crippen LogP contribution >= 0.6 is 141 Å². The molecular weight excluding hydrogens is 1540 g/mol. The van der Waals surface area contributed by atoms with Gasteiger partial charge in [0.05, 0.1) is 59.3 Å². The smallest absolute Gasteiger partial charge is 1.00 e. The molecule has 3 heterocycles. The van der Waals surface area contributed by atoms with E-state index in [1.807, 2.05) is 12.1 Å². The van der Waals surface area contributed by atoms with Gasteiger partial charge in [0.15, 0.2) is 0 Å². The average Bonchev–Trinajstić information content (AvgIpc) is 3.16. The predicted octanol–water partition coefficient (Wildman–Crippen LogP) is 6.97. The SMILES string of the molecule is BrB(Br)Br.COC(=O)C(F)(F)Cl.COc1cc2nccc(Cl)c2cc1Br.FC(F)Oc1cc2nccc(Cl)c2cc1Br.O=CO[O-].Oc1cc2nccc(Cl)c2cc1Br.[Cs+].[Cs+].[H-]. The fourth-order valence-corrected chi connectivity index (χ4v) is 5.79. The summed E-state index contributed by atoms with van der Waals surface area (Å²) in [5.41, 5.74) is 2.03. The predicted molar refractivity (Wildman–Crippen MR) is 242 cm³/mol. The van der Waals surface area contributed by atoms with Crippen LogP contribution in [0, 0.1) is 0 Å². The van der Waals surface area contributed by atoms with Gasteiger partial charge in [0.25, 0.3) is 6.47 Å². The molecule has 3 aromatic carbocycles. The van der Waals surface area contributed by atoms with E-state index < -0.39 is 18.0 Å².